The molecule has 1 atom stereocenters. The lowest BCUT2D eigenvalue weighted by atomic mass is 10.1. The van der Waals surface area contributed by atoms with E-state index in [-0.39, 0.29) is 11.6 Å². The number of benzene rings is 2. The molecule has 2 rings (SSSR count). The molecule has 23 heavy (non-hydrogen) atoms. The summed E-state index contributed by atoms with van der Waals surface area (Å²) in [7, 11) is 0. The van der Waals surface area contributed by atoms with Gasteiger partial charge in [0.25, 0.3) is 5.91 Å². The number of hydrogen-bond acceptors (Lipinski definition) is 2. The largest absolute Gasteiger partial charge is 0.345 e. The topological polar surface area (TPSA) is 52.9 Å². The van der Waals surface area contributed by atoms with Gasteiger partial charge in [-0.3, -0.25) is 4.79 Å². The first kappa shape index (κ1) is 17.1. The van der Waals surface area contributed by atoms with E-state index < -0.39 is 5.91 Å². The van der Waals surface area contributed by atoms with Crippen molar-refractivity contribution in [2.45, 2.75) is 13.0 Å². The zero-order valence-corrected chi connectivity index (χ0v) is 13.9. The van der Waals surface area contributed by atoms with Gasteiger partial charge in [-0.15, -0.1) is 0 Å². The predicted octanol–water partition coefficient (Wildman–Crippen LogP) is 4.78. The Bertz CT molecular complexity index is 759. The van der Waals surface area contributed by atoms with E-state index in [1.807, 2.05) is 43.3 Å². The number of nitriles is 1. The molecule has 0 spiro atoms. The molecule has 0 aliphatic carbocycles. The van der Waals surface area contributed by atoms with Crippen LogP contribution in [0.3, 0.4) is 0 Å². The van der Waals surface area contributed by atoms with Gasteiger partial charge < -0.3 is 5.32 Å². The van der Waals surface area contributed by atoms with Gasteiger partial charge in [-0.2, -0.15) is 5.26 Å². The van der Waals surface area contributed by atoms with Crippen LogP contribution < -0.4 is 5.32 Å². The Balaban J connectivity index is 2.23. The van der Waals surface area contributed by atoms with Crippen LogP contribution >= 0.6 is 23.2 Å². The summed E-state index contributed by atoms with van der Waals surface area (Å²) in [5, 5.41) is 12.8. The summed E-state index contributed by atoms with van der Waals surface area (Å²) in [5.74, 6) is -0.472. The maximum Gasteiger partial charge on any atom is 0.262 e. The maximum absolute atomic E-state index is 12.3. The summed E-state index contributed by atoms with van der Waals surface area (Å²) in [6, 6.07) is 16.2. The van der Waals surface area contributed by atoms with E-state index in [1.165, 1.54) is 6.08 Å². The van der Waals surface area contributed by atoms with E-state index in [0.717, 1.165) is 5.56 Å². The van der Waals surface area contributed by atoms with Crippen LogP contribution in [-0.2, 0) is 4.79 Å². The zero-order chi connectivity index (χ0) is 16.8. The Morgan fingerprint density at radius 2 is 1.74 bits per heavy atom. The number of amides is 1. The fraction of sp³-hybridized carbons (Fsp3) is 0.111. The first-order valence-electron chi connectivity index (χ1n) is 6.94. The number of halogens is 2. The van der Waals surface area contributed by atoms with Gasteiger partial charge in [-0.05, 0) is 30.7 Å². The molecule has 2 aromatic rings. The number of hydrogen-bond donors (Lipinski definition) is 1. The molecule has 0 aliphatic rings. The lowest BCUT2D eigenvalue weighted by Crippen LogP contribution is -2.27. The van der Waals surface area contributed by atoms with Gasteiger partial charge in [0.1, 0.15) is 11.6 Å². The fourth-order valence-corrected chi connectivity index (χ4v) is 2.55. The third-order valence-corrected chi connectivity index (χ3v) is 3.96. The van der Waals surface area contributed by atoms with Crippen molar-refractivity contribution in [3.8, 4) is 6.07 Å². The van der Waals surface area contributed by atoms with E-state index in [0.29, 0.717) is 15.6 Å². The molecule has 0 saturated heterocycles. The standard InChI is InChI=1S/C18H14Cl2N2O/c1-12(13-6-3-2-4-7-13)22-18(23)14(11-21)10-15-16(19)8-5-9-17(15)20/h2-10,12H,1H3,(H,22,23)/b14-10+. The van der Waals surface area contributed by atoms with Crippen LogP contribution in [0.5, 0.6) is 0 Å². The Labute approximate surface area is 145 Å². The Morgan fingerprint density at radius 3 is 2.30 bits per heavy atom. The minimum atomic E-state index is -0.472. The van der Waals surface area contributed by atoms with Crippen LogP contribution in [0.1, 0.15) is 24.1 Å². The SMILES string of the molecule is CC(NC(=O)/C(C#N)=C/c1c(Cl)cccc1Cl)c1ccccc1. The van der Waals surface area contributed by atoms with Gasteiger partial charge in [0, 0.05) is 15.6 Å². The summed E-state index contributed by atoms with van der Waals surface area (Å²) < 4.78 is 0. The van der Waals surface area contributed by atoms with Crippen molar-refractivity contribution in [1.82, 2.24) is 5.32 Å². The van der Waals surface area contributed by atoms with Crippen molar-refractivity contribution >= 4 is 35.2 Å². The first-order valence-corrected chi connectivity index (χ1v) is 7.70. The number of nitrogens with one attached hydrogen (secondary N) is 1. The molecule has 5 heteroatoms. The van der Waals surface area contributed by atoms with E-state index >= 15 is 0 Å². The summed E-state index contributed by atoms with van der Waals surface area (Å²) in [6.07, 6.45) is 1.40. The second kappa shape index (κ2) is 7.82. The van der Waals surface area contributed by atoms with Gasteiger partial charge >= 0.3 is 0 Å². The van der Waals surface area contributed by atoms with Crippen molar-refractivity contribution in [2.24, 2.45) is 0 Å². The van der Waals surface area contributed by atoms with Gasteiger partial charge in [0.05, 0.1) is 6.04 Å². The maximum atomic E-state index is 12.3. The van der Waals surface area contributed by atoms with E-state index in [9.17, 15) is 10.1 Å². The number of nitrogens with zero attached hydrogens (tertiary/aromatic N) is 1. The van der Waals surface area contributed by atoms with E-state index in [4.69, 9.17) is 23.2 Å². The molecule has 1 N–H and O–H groups in total. The molecule has 2 aromatic carbocycles. The number of carbonyl (C=O) groups excluding carboxylic acids is 1. The Kier molecular flexibility index (Phi) is 5.81. The summed E-state index contributed by atoms with van der Waals surface area (Å²) in [5.41, 5.74) is 1.35. The Morgan fingerprint density at radius 1 is 1.13 bits per heavy atom. The summed E-state index contributed by atoms with van der Waals surface area (Å²) in [4.78, 5) is 12.3. The van der Waals surface area contributed by atoms with Crippen molar-refractivity contribution in [1.29, 1.82) is 5.26 Å². The molecule has 0 heterocycles. The van der Waals surface area contributed by atoms with Crippen LogP contribution in [0.2, 0.25) is 10.0 Å². The molecule has 1 unspecified atom stereocenters. The van der Waals surface area contributed by atoms with Gasteiger partial charge in [0.15, 0.2) is 0 Å². The lowest BCUT2D eigenvalue weighted by molar-refractivity contribution is -0.117. The molecule has 0 radical (unpaired) electrons. The Hall–Kier alpha value is -2.28. The van der Waals surface area contributed by atoms with Crippen molar-refractivity contribution in [3.63, 3.8) is 0 Å². The number of rotatable bonds is 4. The number of carbonyl (C=O) groups is 1. The van der Waals surface area contributed by atoms with Crippen LogP contribution in [0.25, 0.3) is 6.08 Å². The highest BCUT2D eigenvalue weighted by Gasteiger charge is 2.15. The molecular formula is C18H14Cl2N2O. The van der Waals surface area contributed by atoms with Gasteiger partial charge in [-0.25, -0.2) is 0 Å². The minimum absolute atomic E-state index is 0.0530. The van der Waals surface area contributed by atoms with Crippen LogP contribution in [0.15, 0.2) is 54.1 Å². The third kappa shape index (κ3) is 4.35. The van der Waals surface area contributed by atoms with Crippen LogP contribution in [0.4, 0.5) is 0 Å². The average Bonchev–Trinajstić information content (AvgIpc) is 2.55. The first-order chi connectivity index (χ1) is 11.0. The van der Waals surface area contributed by atoms with Crippen LogP contribution in [0, 0.1) is 11.3 Å². The highest BCUT2D eigenvalue weighted by molar-refractivity contribution is 6.37. The van der Waals surface area contributed by atoms with Crippen molar-refractivity contribution in [3.05, 3.63) is 75.3 Å². The third-order valence-electron chi connectivity index (χ3n) is 3.30. The molecule has 0 fully saturated rings. The molecule has 0 bridgehead atoms. The average molecular weight is 345 g/mol. The molecule has 0 saturated carbocycles. The van der Waals surface area contributed by atoms with Gasteiger partial charge in [-0.1, -0.05) is 59.6 Å². The molecular weight excluding hydrogens is 331 g/mol. The lowest BCUT2D eigenvalue weighted by Gasteiger charge is -2.14. The monoisotopic (exact) mass is 344 g/mol. The smallest absolute Gasteiger partial charge is 0.262 e. The second-order valence-corrected chi connectivity index (χ2v) is 5.73. The minimum Gasteiger partial charge on any atom is -0.345 e. The van der Waals surface area contributed by atoms with Crippen molar-refractivity contribution in [2.75, 3.05) is 0 Å². The molecule has 0 aliphatic heterocycles. The second-order valence-electron chi connectivity index (χ2n) is 4.91. The van der Waals surface area contributed by atoms with Crippen molar-refractivity contribution < 1.29 is 4.79 Å². The predicted molar refractivity (Wildman–Crippen MR) is 93.1 cm³/mol. The van der Waals surface area contributed by atoms with Gasteiger partial charge in [0.2, 0.25) is 0 Å². The highest BCUT2D eigenvalue weighted by atomic mass is 35.5. The molecule has 1 amide bonds. The quantitative estimate of drug-likeness (QED) is 0.641. The van der Waals surface area contributed by atoms with E-state index in [1.54, 1.807) is 18.2 Å². The van der Waals surface area contributed by atoms with E-state index in [2.05, 4.69) is 5.32 Å². The fourth-order valence-electron chi connectivity index (χ4n) is 2.04. The molecule has 3 nitrogen and oxygen atoms in total. The zero-order valence-electron chi connectivity index (χ0n) is 12.4. The normalized spacial score (nSPS) is 12.3. The molecule has 0 aromatic heterocycles. The summed E-state index contributed by atoms with van der Waals surface area (Å²) in [6.45, 7) is 1.85. The highest BCUT2D eigenvalue weighted by Crippen LogP contribution is 2.26. The summed E-state index contributed by atoms with van der Waals surface area (Å²) >= 11 is 12.1. The molecule has 116 valence electrons. The van der Waals surface area contributed by atoms with Crippen LogP contribution in [-0.4, -0.2) is 5.91 Å².